The van der Waals surface area contributed by atoms with Gasteiger partial charge in [0.05, 0.1) is 12.2 Å². The number of likely N-dealkylation sites (N-methyl/N-ethyl adjacent to an activating group) is 2. The van der Waals surface area contributed by atoms with Gasteiger partial charge in [0, 0.05) is 11.7 Å². The van der Waals surface area contributed by atoms with Gasteiger partial charge in [-0.15, -0.1) is 0 Å². The van der Waals surface area contributed by atoms with Gasteiger partial charge in [0.25, 0.3) is 0 Å². The molecule has 1 atom stereocenters. The van der Waals surface area contributed by atoms with Gasteiger partial charge in [-0.3, -0.25) is 4.98 Å². The monoisotopic (exact) mass is 251 g/mol. The van der Waals surface area contributed by atoms with Crippen LogP contribution in [0, 0.1) is 5.82 Å². The van der Waals surface area contributed by atoms with Gasteiger partial charge in [-0.2, -0.15) is 0 Å². The Labute approximate surface area is 108 Å². The maximum atomic E-state index is 13.4. The zero-order valence-electron chi connectivity index (χ0n) is 11.4. The second-order valence-electron chi connectivity index (χ2n) is 5.36. The van der Waals surface area contributed by atoms with E-state index < -0.39 is 0 Å². The van der Waals surface area contributed by atoms with Crippen molar-refractivity contribution >= 4 is 0 Å². The van der Waals surface area contributed by atoms with E-state index in [9.17, 15) is 4.39 Å². The predicted molar refractivity (Wildman–Crippen MR) is 70.9 cm³/mol. The molecule has 1 fully saturated rings. The summed E-state index contributed by atoms with van der Waals surface area (Å²) in [6, 6.07) is 1.72. The van der Waals surface area contributed by atoms with Crippen LogP contribution >= 0.6 is 0 Å². The Morgan fingerprint density at radius 2 is 2.00 bits per heavy atom. The van der Waals surface area contributed by atoms with Gasteiger partial charge in [0.1, 0.15) is 5.82 Å². The van der Waals surface area contributed by atoms with Crippen LogP contribution in [-0.4, -0.2) is 36.6 Å². The molecule has 1 aromatic heterocycles. The molecular weight excluding hydrogens is 229 g/mol. The lowest BCUT2D eigenvalue weighted by Gasteiger charge is -2.43. The first-order valence-electron chi connectivity index (χ1n) is 6.55. The summed E-state index contributed by atoms with van der Waals surface area (Å²) >= 11 is 0. The summed E-state index contributed by atoms with van der Waals surface area (Å²) in [5, 5.41) is 3.36. The molecule has 4 heteroatoms. The van der Waals surface area contributed by atoms with Gasteiger partial charge in [-0.25, -0.2) is 4.39 Å². The van der Waals surface area contributed by atoms with Crippen molar-refractivity contribution in [3.05, 3.63) is 29.8 Å². The number of halogens is 1. The summed E-state index contributed by atoms with van der Waals surface area (Å²) in [7, 11) is 6.17. The average Bonchev–Trinajstić information content (AvgIpc) is 2.81. The predicted octanol–water partition coefficient (Wildman–Crippen LogP) is 2.36. The molecule has 1 unspecified atom stereocenters. The minimum Gasteiger partial charge on any atom is -0.311 e. The first kappa shape index (κ1) is 13.4. The zero-order chi connectivity index (χ0) is 13.2. The fourth-order valence-corrected chi connectivity index (χ4v) is 3.31. The quantitative estimate of drug-likeness (QED) is 0.890. The van der Waals surface area contributed by atoms with E-state index in [0.29, 0.717) is 0 Å². The topological polar surface area (TPSA) is 28.2 Å². The minimum absolute atomic E-state index is 0.0736. The Balaban J connectivity index is 2.37. The highest BCUT2D eigenvalue weighted by Crippen LogP contribution is 2.43. The van der Waals surface area contributed by atoms with Gasteiger partial charge >= 0.3 is 0 Å². The summed E-state index contributed by atoms with van der Waals surface area (Å²) in [4.78, 5) is 6.27. The van der Waals surface area contributed by atoms with E-state index in [1.54, 1.807) is 12.3 Å². The third kappa shape index (κ3) is 2.27. The Bertz CT molecular complexity index is 400. The summed E-state index contributed by atoms with van der Waals surface area (Å²) < 4.78 is 13.4. The molecule has 0 saturated heterocycles. The highest BCUT2D eigenvalue weighted by atomic mass is 19.1. The van der Waals surface area contributed by atoms with E-state index in [2.05, 4.69) is 29.3 Å². The molecule has 0 spiro atoms. The van der Waals surface area contributed by atoms with Crippen LogP contribution in [0.3, 0.4) is 0 Å². The molecule has 1 N–H and O–H groups in total. The number of aromatic nitrogens is 1. The smallest absolute Gasteiger partial charge is 0.141 e. The number of rotatable bonds is 4. The first-order chi connectivity index (χ1) is 8.60. The molecule has 1 saturated carbocycles. The Kier molecular flexibility index (Phi) is 3.97. The summed E-state index contributed by atoms with van der Waals surface area (Å²) in [5.41, 5.74) is 1.01. The second-order valence-corrected chi connectivity index (χ2v) is 5.36. The Morgan fingerprint density at radius 3 is 2.50 bits per heavy atom. The van der Waals surface area contributed by atoms with E-state index in [-0.39, 0.29) is 17.4 Å². The van der Waals surface area contributed by atoms with Gasteiger partial charge < -0.3 is 10.2 Å². The molecule has 0 aliphatic heterocycles. The second kappa shape index (κ2) is 5.33. The van der Waals surface area contributed by atoms with Crippen molar-refractivity contribution in [2.45, 2.75) is 37.3 Å². The Morgan fingerprint density at radius 1 is 1.33 bits per heavy atom. The summed E-state index contributed by atoms with van der Waals surface area (Å²) in [6.45, 7) is 0. The van der Waals surface area contributed by atoms with Crippen LogP contribution in [0.5, 0.6) is 0 Å². The van der Waals surface area contributed by atoms with Gasteiger partial charge in [0.2, 0.25) is 0 Å². The molecule has 1 heterocycles. The van der Waals surface area contributed by atoms with Crippen LogP contribution in [0.2, 0.25) is 0 Å². The highest BCUT2D eigenvalue weighted by molar-refractivity contribution is 5.21. The van der Waals surface area contributed by atoms with E-state index >= 15 is 0 Å². The third-order valence-corrected chi connectivity index (χ3v) is 4.25. The minimum atomic E-state index is -0.264. The van der Waals surface area contributed by atoms with Crippen molar-refractivity contribution in [2.75, 3.05) is 21.1 Å². The largest absolute Gasteiger partial charge is 0.311 e. The van der Waals surface area contributed by atoms with Crippen LogP contribution in [0.1, 0.15) is 37.3 Å². The molecule has 2 rings (SSSR count). The third-order valence-electron chi connectivity index (χ3n) is 4.25. The first-order valence-corrected chi connectivity index (χ1v) is 6.55. The molecule has 0 amide bonds. The summed E-state index contributed by atoms with van der Waals surface area (Å²) in [5.74, 6) is -0.264. The molecule has 100 valence electrons. The van der Waals surface area contributed by atoms with E-state index in [1.165, 1.54) is 19.0 Å². The molecular formula is C14H22FN3. The Hall–Kier alpha value is -1.00. The average molecular weight is 251 g/mol. The van der Waals surface area contributed by atoms with E-state index in [1.807, 2.05) is 7.05 Å². The SMILES string of the molecule is CNC(c1cncc(F)c1)C1(N(C)C)CCCC1. The highest BCUT2D eigenvalue weighted by Gasteiger charge is 2.43. The maximum Gasteiger partial charge on any atom is 0.141 e. The molecule has 0 radical (unpaired) electrons. The number of pyridine rings is 1. The lowest BCUT2D eigenvalue weighted by atomic mass is 9.83. The van der Waals surface area contributed by atoms with Crippen molar-refractivity contribution in [3.63, 3.8) is 0 Å². The molecule has 0 bridgehead atoms. The van der Waals surface area contributed by atoms with Crippen molar-refractivity contribution in [1.82, 2.24) is 15.2 Å². The van der Waals surface area contributed by atoms with Crippen LogP contribution in [-0.2, 0) is 0 Å². The van der Waals surface area contributed by atoms with Crippen LogP contribution in [0.4, 0.5) is 4.39 Å². The molecule has 0 aromatic carbocycles. The molecule has 1 aliphatic rings. The van der Waals surface area contributed by atoms with Crippen LogP contribution in [0.25, 0.3) is 0 Å². The fourth-order valence-electron chi connectivity index (χ4n) is 3.31. The number of nitrogens with zero attached hydrogens (tertiary/aromatic N) is 2. The van der Waals surface area contributed by atoms with Crippen molar-refractivity contribution < 1.29 is 4.39 Å². The van der Waals surface area contributed by atoms with Gasteiger partial charge in [0.15, 0.2) is 0 Å². The number of hydrogen-bond donors (Lipinski definition) is 1. The van der Waals surface area contributed by atoms with Gasteiger partial charge in [-0.05, 0) is 45.6 Å². The zero-order valence-corrected chi connectivity index (χ0v) is 11.4. The molecule has 18 heavy (non-hydrogen) atoms. The lowest BCUT2D eigenvalue weighted by Crippen LogP contribution is -2.51. The molecule has 3 nitrogen and oxygen atoms in total. The normalized spacial score (nSPS) is 20.3. The van der Waals surface area contributed by atoms with Crippen molar-refractivity contribution in [1.29, 1.82) is 0 Å². The molecule has 1 aliphatic carbocycles. The van der Waals surface area contributed by atoms with E-state index in [0.717, 1.165) is 18.4 Å². The fraction of sp³-hybridized carbons (Fsp3) is 0.643. The maximum absolute atomic E-state index is 13.4. The van der Waals surface area contributed by atoms with Crippen molar-refractivity contribution in [2.24, 2.45) is 0 Å². The molecule has 1 aromatic rings. The van der Waals surface area contributed by atoms with E-state index in [4.69, 9.17) is 0 Å². The van der Waals surface area contributed by atoms with Crippen LogP contribution in [0.15, 0.2) is 18.5 Å². The van der Waals surface area contributed by atoms with Crippen molar-refractivity contribution in [3.8, 4) is 0 Å². The standard InChI is InChI=1S/C14H22FN3/c1-16-13(11-8-12(15)10-17-9-11)14(18(2)3)6-4-5-7-14/h8-10,13,16H,4-7H2,1-3H3. The summed E-state index contributed by atoms with van der Waals surface area (Å²) in [6.07, 6.45) is 7.78. The lowest BCUT2D eigenvalue weighted by molar-refractivity contribution is 0.108. The van der Waals surface area contributed by atoms with Gasteiger partial charge in [-0.1, -0.05) is 12.8 Å². The van der Waals surface area contributed by atoms with Crippen LogP contribution < -0.4 is 5.32 Å². The number of hydrogen-bond acceptors (Lipinski definition) is 3. The number of nitrogens with one attached hydrogen (secondary N) is 1.